The summed E-state index contributed by atoms with van der Waals surface area (Å²) in [5.41, 5.74) is 2.06. The molecule has 0 aliphatic carbocycles. The lowest BCUT2D eigenvalue weighted by molar-refractivity contribution is -0.116. The van der Waals surface area contributed by atoms with E-state index in [1.54, 1.807) is 19.1 Å². The van der Waals surface area contributed by atoms with Gasteiger partial charge in [0.2, 0.25) is 11.8 Å². The Labute approximate surface area is 169 Å². The second-order valence-corrected chi connectivity index (χ2v) is 10.6. The highest BCUT2D eigenvalue weighted by atomic mass is 32.2. The van der Waals surface area contributed by atoms with Crippen molar-refractivity contribution in [3.8, 4) is 0 Å². The number of hydrogen-bond acceptors (Lipinski definition) is 5. The molecule has 2 aromatic carbocycles. The van der Waals surface area contributed by atoms with Gasteiger partial charge < -0.3 is 10.6 Å². The molecule has 3 rings (SSSR count). The van der Waals surface area contributed by atoms with Crippen molar-refractivity contribution in [1.29, 1.82) is 0 Å². The van der Waals surface area contributed by atoms with Gasteiger partial charge in [-0.05, 0) is 50.6 Å². The summed E-state index contributed by atoms with van der Waals surface area (Å²) in [6.45, 7) is 5.18. The van der Waals surface area contributed by atoms with E-state index < -0.39 is 15.1 Å². The first-order chi connectivity index (χ1) is 13.2. The van der Waals surface area contributed by atoms with Gasteiger partial charge in [0.1, 0.15) is 0 Å². The monoisotopic (exact) mass is 418 g/mol. The van der Waals surface area contributed by atoms with Crippen LogP contribution in [0.15, 0.2) is 52.3 Å². The van der Waals surface area contributed by atoms with Crippen LogP contribution in [0, 0.1) is 6.92 Å². The molecule has 1 aliphatic heterocycles. The minimum absolute atomic E-state index is 0.0953. The van der Waals surface area contributed by atoms with E-state index in [2.05, 4.69) is 10.6 Å². The molecule has 2 N–H and O–H groups in total. The predicted molar refractivity (Wildman–Crippen MR) is 111 cm³/mol. The number of anilines is 2. The average Bonchev–Trinajstić information content (AvgIpc) is 2.64. The number of fused-ring (bicyclic) bond motifs is 1. The number of para-hydroxylation sites is 1. The molecule has 0 aromatic heterocycles. The van der Waals surface area contributed by atoms with Gasteiger partial charge in [0, 0.05) is 17.0 Å². The number of benzene rings is 2. The molecule has 1 heterocycles. The highest BCUT2D eigenvalue weighted by Gasteiger charge is 2.29. The van der Waals surface area contributed by atoms with Crippen molar-refractivity contribution in [2.45, 2.75) is 47.5 Å². The third kappa shape index (κ3) is 4.23. The SMILES string of the molecule is Cc1ccccc1NC(=O)C[C@H](C)S(=O)(=O)c1ccc2c(c1)NC(=O)[C@H](C)S2. The Kier molecular flexibility index (Phi) is 5.81. The van der Waals surface area contributed by atoms with Crippen molar-refractivity contribution in [3.05, 3.63) is 48.0 Å². The van der Waals surface area contributed by atoms with E-state index in [-0.39, 0.29) is 28.4 Å². The Bertz CT molecular complexity index is 1030. The summed E-state index contributed by atoms with van der Waals surface area (Å²) in [7, 11) is -3.72. The normalized spacial score (nSPS) is 17.4. The molecule has 1 aliphatic rings. The van der Waals surface area contributed by atoms with E-state index in [0.29, 0.717) is 11.4 Å². The van der Waals surface area contributed by atoms with Gasteiger partial charge in [0.05, 0.1) is 21.1 Å². The quantitative estimate of drug-likeness (QED) is 0.774. The van der Waals surface area contributed by atoms with Crippen molar-refractivity contribution in [1.82, 2.24) is 0 Å². The zero-order valence-corrected chi connectivity index (χ0v) is 17.5. The zero-order valence-electron chi connectivity index (χ0n) is 15.9. The van der Waals surface area contributed by atoms with Crippen LogP contribution in [0.3, 0.4) is 0 Å². The highest BCUT2D eigenvalue weighted by molar-refractivity contribution is 8.01. The summed E-state index contributed by atoms with van der Waals surface area (Å²) in [6, 6.07) is 12.0. The molecule has 0 fully saturated rings. The number of thioether (sulfide) groups is 1. The first kappa shape index (κ1) is 20.4. The molecule has 6 nitrogen and oxygen atoms in total. The van der Waals surface area contributed by atoms with Gasteiger partial charge in [0.15, 0.2) is 9.84 Å². The topological polar surface area (TPSA) is 92.3 Å². The molecular weight excluding hydrogens is 396 g/mol. The standard InChI is InChI=1S/C20H22N2O4S2/c1-12-6-4-5-7-16(12)21-19(23)10-13(2)28(25,26)15-8-9-18-17(11-15)22-20(24)14(3)27-18/h4-9,11,13-14H,10H2,1-3H3,(H,21,23)(H,22,24)/t13-,14-/m0/s1. The lowest BCUT2D eigenvalue weighted by atomic mass is 10.2. The molecule has 2 amide bonds. The summed E-state index contributed by atoms with van der Waals surface area (Å²) in [5.74, 6) is -0.515. The van der Waals surface area contributed by atoms with Crippen LogP contribution < -0.4 is 10.6 Å². The third-order valence-electron chi connectivity index (χ3n) is 4.63. The summed E-state index contributed by atoms with van der Waals surface area (Å²) in [4.78, 5) is 25.1. The van der Waals surface area contributed by atoms with Gasteiger partial charge in [-0.2, -0.15) is 0 Å². The molecule has 2 aromatic rings. The summed E-state index contributed by atoms with van der Waals surface area (Å²) in [6.07, 6.45) is -0.161. The predicted octanol–water partition coefficient (Wildman–Crippen LogP) is 3.62. The first-order valence-corrected chi connectivity index (χ1v) is 11.3. The van der Waals surface area contributed by atoms with Crippen LogP contribution in [0.2, 0.25) is 0 Å². The summed E-state index contributed by atoms with van der Waals surface area (Å²) >= 11 is 1.39. The number of aryl methyl sites for hydroxylation is 1. The minimum Gasteiger partial charge on any atom is -0.326 e. The van der Waals surface area contributed by atoms with Crippen LogP contribution in [0.25, 0.3) is 0 Å². The van der Waals surface area contributed by atoms with Gasteiger partial charge in [-0.1, -0.05) is 18.2 Å². The maximum atomic E-state index is 12.9. The number of amides is 2. The maximum absolute atomic E-state index is 12.9. The van der Waals surface area contributed by atoms with Crippen LogP contribution in [0.1, 0.15) is 25.8 Å². The summed E-state index contributed by atoms with van der Waals surface area (Å²) in [5, 5.41) is 4.37. The largest absolute Gasteiger partial charge is 0.326 e. The first-order valence-electron chi connectivity index (χ1n) is 8.89. The molecule has 0 radical (unpaired) electrons. The maximum Gasteiger partial charge on any atom is 0.237 e. The van der Waals surface area contributed by atoms with E-state index in [0.717, 1.165) is 10.5 Å². The molecule has 0 bridgehead atoms. The number of carbonyl (C=O) groups excluding carboxylic acids is 2. The molecule has 28 heavy (non-hydrogen) atoms. The summed E-state index contributed by atoms with van der Waals surface area (Å²) < 4.78 is 25.8. The van der Waals surface area contributed by atoms with Crippen molar-refractivity contribution in [2.75, 3.05) is 10.6 Å². The Balaban J connectivity index is 1.75. The Morgan fingerprint density at radius 2 is 1.96 bits per heavy atom. The van der Waals surface area contributed by atoms with Crippen LogP contribution in [-0.2, 0) is 19.4 Å². The second-order valence-electron chi connectivity index (χ2n) is 6.83. The minimum atomic E-state index is -3.72. The number of sulfone groups is 1. The third-order valence-corrected chi connectivity index (χ3v) is 7.95. The van der Waals surface area contributed by atoms with Gasteiger partial charge in [-0.25, -0.2) is 8.42 Å². The number of carbonyl (C=O) groups is 2. The molecule has 8 heteroatoms. The van der Waals surface area contributed by atoms with Crippen molar-refractivity contribution >= 4 is 44.8 Å². The van der Waals surface area contributed by atoms with E-state index in [1.807, 2.05) is 25.1 Å². The van der Waals surface area contributed by atoms with E-state index in [1.165, 1.54) is 30.8 Å². The number of nitrogens with one attached hydrogen (secondary N) is 2. The number of hydrogen-bond donors (Lipinski definition) is 2. The van der Waals surface area contributed by atoms with Crippen LogP contribution in [-0.4, -0.2) is 30.7 Å². The average molecular weight is 419 g/mol. The molecule has 0 spiro atoms. The highest BCUT2D eigenvalue weighted by Crippen LogP contribution is 2.37. The van der Waals surface area contributed by atoms with Gasteiger partial charge >= 0.3 is 0 Å². The fourth-order valence-electron chi connectivity index (χ4n) is 2.88. The van der Waals surface area contributed by atoms with Crippen molar-refractivity contribution in [3.63, 3.8) is 0 Å². The fourth-order valence-corrected chi connectivity index (χ4v) is 5.19. The van der Waals surface area contributed by atoms with Crippen molar-refractivity contribution < 1.29 is 18.0 Å². The van der Waals surface area contributed by atoms with Gasteiger partial charge in [-0.15, -0.1) is 11.8 Å². The Hall–Kier alpha value is -2.32. The molecular formula is C20H22N2O4S2. The van der Waals surface area contributed by atoms with E-state index in [9.17, 15) is 18.0 Å². The lowest BCUT2D eigenvalue weighted by Gasteiger charge is -2.22. The molecule has 2 atom stereocenters. The Morgan fingerprint density at radius 3 is 2.68 bits per heavy atom. The smallest absolute Gasteiger partial charge is 0.237 e. The lowest BCUT2D eigenvalue weighted by Crippen LogP contribution is -2.27. The second kappa shape index (κ2) is 7.97. The molecule has 0 unspecified atom stereocenters. The van der Waals surface area contributed by atoms with Gasteiger partial charge in [-0.3, -0.25) is 9.59 Å². The molecule has 148 valence electrons. The van der Waals surface area contributed by atoms with E-state index >= 15 is 0 Å². The number of rotatable bonds is 5. The van der Waals surface area contributed by atoms with Crippen LogP contribution in [0.4, 0.5) is 11.4 Å². The molecule has 0 saturated carbocycles. The van der Waals surface area contributed by atoms with Gasteiger partial charge in [0.25, 0.3) is 0 Å². The van der Waals surface area contributed by atoms with Crippen LogP contribution in [0.5, 0.6) is 0 Å². The van der Waals surface area contributed by atoms with Crippen molar-refractivity contribution in [2.24, 2.45) is 0 Å². The fraction of sp³-hybridized carbons (Fsp3) is 0.300. The molecule has 0 saturated heterocycles. The zero-order chi connectivity index (χ0) is 20.5. The van der Waals surface area contributed by atoms with E-state index in [4.69, 9.17) is 0 Å². The Morgan fingerprint density at radius 1 is 1.25 bits per heavy atom. The van der Waals surface area contributed by atoms with Crippen LogP contribution >= 0.6 is 11.8 Å².